The van der Waals surface area contributed by atoms with Crippen molar-refractivity contribution in [1.29, 1.82) is 0 Å². The number of aliphatic hydroxyl groups excluding tert-OH is 1. The summed E-state index contributed by atoms with van der Waals surface area (Å²) in [6.07, 6.45) is 2.29. The maximum absolute atomic E-state index is 13.8. The van der Waals surface area contributed by atoms with Crippen LogP contribution in [0.3, 0.4) is 0 Å². The molecular weight excluding hydrogens is 451 g/mol. The molecule has 0 saturated carbocycles. The Morgan fingerprint density at radius 3 is 2.55 bits per heavy atom. The van der Waals surface area contributed by atoms with Gasteiger partial charge in [-0.25, -0.2) is 18.2 Å². The summed E-state index contributed by atoms with van der Waals surface area (Å²) in [7, 11) is 1.80. The van der Waals surface area contributed by atoms with Gasteiger partial charge in [-0.05, 0) is 29.8 Å². The van der Waals surface area contributed by atoms with Crippen molar-refractivity contribution in [2.45, 2.75) is 12.1 Å². The summed E-state index contributed by atoms with van der Waals surface area (Å²) in [6, 6.07) is 7.69. The zero-order valence-corrected chi connectivity index (χ0v) is 17.0. The number of aromatic nitrogens is 2. The lowest BCUT2D eigenvalue weighted by Crippen LogP contribution is -2.35. The molecule has 0 bridgehead atoms. The second-order valence-corrected chi connectivity index (χ2v) is 7.37. The van der Waals surface area contributed by atoms with Gasteiger partial charge in [0.1, 0.15) is 24.4 Å². The molecule has 9 heteroatoms. The van der Waals surface area contributed by atoms with Crippen LogP contribution in [-0.4, -0.2) is 33.9 Å². The van der Waals surface area contributed by atoms with Crippen LogP contribution in [0, 0.1) is 17.5 Å². The van der Waals surface area contributed by atoms with Crippen LogP contribution in [0.15, 0.2) is 53.3 Å². The zero-order chi connectivity index (χ0) is 21.0. The molecule has 0 aliphatic carbocycles. The van der Waals surface area contributed by atoms with Gasteiger partial charge < -0.3 is 19.7 Å². The monoisotopic (exact) mass is 469 g/mol. The smallest absolute Gasteiger partial charge is 0.190 e. The molecule has 2 aromatic carbocycles. The van der Waals surface area contributed by atoms with Crippen LogP contribution in [0.4, 0.5) is 13.2 Å². The third-order valence-corrected chi connectivity index (χ3v) is 4.70. The van der Waals surface area contributed by atoms with Crippen LogP contribution in [-0.2, 0) is 7.05 Å². The van der Waals surface area contributed by atoms with Crippen LogP contribution in [0.25, 0.3) is 0 Å². The second kappa shape index (κ2) is 9.43. The van der Waals surface area contributed by atoms with Gasteiger partial charge in [0.25, 0.3) is 0 Å². The minimum atomic E-state index is -1.08. The van der Waals surface area contributed by atoms with Gasteiger partial charge in [0.05, 0.1) is 6.04 Å². The molecule has 0 amide bonds. The van der Waals surface area contributed by atoms with Crippen molar-refractivity contribution in [3.05, 3.63) is 82.1 Å². The van der Waals surface area contributed by atoms with Crippen LogP contribution >= 0.6 is 15.9 Å². The molecule has 2 N–H and O–H groups in total. The van der Waals surface area contributed by atoms with Gasteiger partial charge >= 0.3 is 0 Å². The first kappa shape index (κ1) is 21.4. The first-order valence-electron chi connectivity index (χ1n) is 8.76. The van der Waals surface area contributed by atoms with Crippen molar-refractivity contribution in [3.8, 4) is 5.75 Å². The molecule has 1 heterocycles. The number of rotatable bonds is 8. The highest BCUT2D eigenvalue weighted by molar-refractivity contribution is 9.10. The highest BCUT2D eigenvalue weighted by Crippen LogP contribution is 2.26. The fraction of sp³-hybridized carbons (Fsp3) is 0.250. The SMILES string of the molecule is Cn1ccnc1C(NCC(O)COc1c(F)cc(Br)cc1F)c1cccc(F)c1. The van der Waals surface area contributed by atoms with E-state index in [0.29, 0.717) is 11.4 Å². The Balaban J connectivity index is 1.67. The van der Waals surface area contributed by atoms with E-state index >= 15 is 0 Å². The minimum absolute atomic E-state index is 0.0216. The maximum atomic E-state index is 13.8. The van der Waals surface area contributed by atoms with Crippen molar-refractivity contribution < 1.29 is 23.0 Å². The van der Waals surface area contributed by atoms with E-state index in [2.05, 4.69) is 26.2 Å². The normalized spacial score (nSPS) is 13.3. The van der Waals surface area contributed by atoms with E-state index in [-0.39, 0.29) is 17.6 Å². The molecule has 2 atom stereocenters. The van der Waals surface area contributed by atoms with Crippen molar-refractivity contribution in [1.82, 2.24) is 14.9 Å². The van der Waals surface area contributed by atoms with Gasteiger partial charge in [0.15, 0.2) is 17.4 Å². The Morgan fingerprint density at radius 1 is 1.21 bits per heavy atom. The Hall–Kier alpha value is -2.36. The van der Waals surface area contributed by atoms with Crippen molar-refractivity contribution in [2.75, 3.05) is 13.2 Å². The highest BCUT2D eigenvalue weighted by Gasteiger charge is 2.21. The summed E-state index contributed by atoms with van der Waals surface area (Å²) in [6.45, 7) is -0.313. The fourth-order valence-corrected chi connectivity index (χ4v) is 3.26. The molecular formula is C20H19BrF3N3O2. The van der Waals surface area contributed by atoms with E-state index in [1.807, 2.05) is 0 Å². The number of hydrogen-bond acceptors (Lipinski definition) is 4. The number of ether oxygens (including phenoxy) is 1. The van der Waals surface area contributed by atoms with Crippen molar-refractivity contribution in [3.63, 3.8) is 0 Å². The number of nitrogens with one attached hydrogen (secondary N) is 1. The number of aliphatic hydroxyl groups is 1. The van der Waals surface area contributed by atoms with Crippen molar-refractivity contribution in [2.24, 2.45) is 7.05 Å². The number of nitrogens with zero attached hydrogens (tertiary/aromatic N) is 2. The standard InChI is InChI=1S/C20H19BrF3N3O2/c1-27-6-5-25-20(27)18(12-3-2-4-14(22)7-12)26-10-15(28)11-29-19-16(23)8-13(21)9-17(19)24/h2-9,15,18,26,28H,10-11H2,1H3. The summed E-state index contributed by atoms with van der Waals surface area (Å²) < 4.78 is 48.5. The molecule has 2 unspecified atom stereocenters. The maximum Gasteiger partial charge on any atom is 0.190 e. The van der Waals surface area contributed by atoms with E-state index in [1.54, 1.807) is 36.1 Å². The lowest BCUT2D eigenvalue weighted by Gasteiger charge is -2.21. The Morgan fingerprint density at radius 2 is 1.93 bits per heavy atom. The van der Waals surface area contributed by atoms with E-state index in [0.717, 1.165) is 12.1 Å². The predicted octanol–water partition coefficient (Wildman–Crippen LogP) is 3.72. The third kappa shape index (κ3) is 5.37. The minimum Gasteiger partial charge on any atom is -0.485 e. The molecule has 0 aliphatic rings. The van der Waals surface area contributed by atoms with E-state index in [9.17, 15) is 18.3 Å². The summed E-state index contributed by atoms with van der Waals surface area (Å²) in [5.74, 6) is -2.08. The van der Waals surface area contributed by atoms with E-state index in [1.165, 1.54) is 12.1 Å². The average molecular weight is 470 g/mol. The van der Waals surface area contributed by atoms with Crippen LogP contribution in [0.2, 0.25) is 0 Å². The number of hydrogen-bond donors (Lipinski definition) is 2. The number of imidazole rings is 1. The molecule has 0 aliphatic heterocycles. The summed E-state index contributed by atoms with van der Waals surface area (Å²) >= 11 is 2.99. The molecule has 0 fully saturated rings. The third-order valence-electron chi connectivity index (χ3n) is 4.24. The summed E-state index contributed by atoms with van der Waals surface area (Å²) in [5, 5.41) is 13.3. The van der Waals surface area contributed by atoms with Gasteiger partial charge in [-0.3, -0.25) is 0 Å². The lowest BCUT2D eigenvalue weighted by molar-refractivity contribution is 0.0996. The first-order chi connectivity index (χ1) is 13.8. The molecule has 3 rings (SSSR count). The Bertz CT molecular complexity index is 960. The topological polar surface area (TPSA) is 59.3 Å². The molecule has 1 aromatic heterocycles. The van der Waals surface area contributed by atoms with Gasteiger partial charge in [0.2, 0.25) is 0 Å². The van der Waals surface area contributed by atoms with Gasteiger partial charge in [-0.2, -0.15) is 0 Å². The van der Waals surface area contributed by atoms with Crippen LogP contribution in [0.1, 0.15) is 17.4 Å². The molecule has 0 spiro atoms. The molecule has 0 radical (unpaired) electrons. The summed E-state index contributed by atoms with van der Waals surface area (Å²) in [4.78, 5) is 4.29. The van der Waals surface area contributed by atoms with Gasteiger partial charge in [-0.15, -0.1) is 0 Å². The molecule has 0 saturated heterocycles. The van der Waals surface area contributed by atoms with Gasteiger partial charge in [0, 0.05) is 30.5 Å². The number of benzene rings is 2. The molecule has 154 valence electrons. The fourth-order valence-electron chi connectivity index (χ4n) is 2.86. The number of halogens is 4. The quantitative estimate of drug-likeness (QED) is 0.527. The zero-order valence-electron chi connectivity index (χ0n) is 15.4. The Labute approximate surface area is 174 Å². The molecule has 29 heavy (non-hydrogen) atoms. The molecule has 3 aromatic rings. The second-order valence-electron chi connectivity index (χ2n) is 6.46. The van der Waals surface area contributed by atoms with E-state index < -0.39 is 35.3 Å². The highest BCUT2D eigenvalue weighted by atomic mass is 79.9. The summed E-state index contributed by atoms with van der Waals surface area (Å²) in [5.41, 5.74) is 0.623. The first-order valence-corrected chi connectivity index (χ1v) is 9.56. The average Bonchev–Trinajstić information content (AvgIpc) is 3.07. The van der Waals surface area contributed by atoms with Crippen LogP contribution in [0.5, 0.6) is 5.75 Å². The lowest BCUT2D eigenvalue weighted by atomic mass is 10.1. The number of aryl methyl sites for hydroxylation is 1. The van der Waals surface area contributed by atoms with Gasteiger partial charge in [-0.1, -0.05) is 28.1 Å². The van der Waals surface area contributed by atoms with Crippen LogP contribution < -0.4 is 10.1 Å². The van der Waals surface area contributed by atoms with Crippen molar-refractivity contribution >= 4 is 15.9 Å². The predicted molar refractivity (Wildman–Crippen MR) is 105 cm³/mol. The molecule has 5 nitrogen and oxygen atoms in total. The largest absolute Gasteiger partial charge is 0.485 e. The Kier molecular flexibility index (Phi) is 6.94. The van der Waals surface area contributed by atoms with E-state index in [4.69, 9.17) is 4.74 Å².